The number of fused-ring (bicyclic) bond motifs is 1. The number of hydrogen-bond acceptors (Lipinski definition) is 7. The number of anilines is 1. The normalized spacial score (nSPS) is 17.4. The number of hydrogen-bond donors (Lipinski definition) is 1. The number of carbonyl (C=O) groups is 1. The van der Waals surface area contributed by atoms with Crippen LogP contribution in [0.5, 0.6) is 0 Å². The summed E-state index contributed by atoms with van der Waals surface area (Å²) in [6.45, 7) is 2.78. The highest BCUT2D eigenvalue weighted by molar-refractivity contribution is 6.05. The van der Waals surface area contributed by atoms with Gasteiger partial charge in [0.25, 0.3) is 0 Å². The molecule has 8 nitrogen and oxygen atoms in total. The number of benzene rings is 1. The van der Waals surface area contributed by atoms with Gasteiger partial charge in [0.05, 0.1) is 23.4 Å². The van der Waals surface area contributed by atoms with Crippen molar-refractivity contribution in [1.29, 1.82) is 0 Å². The van der Waals surface area contributed by atoms with Gasteiger partial charge in [-0.15, -0.1) is 0 Å². The third-order valence-corrected chi connectivity index (χ3v) is 4.98. The van der Waals surface area contributed by atoms with E-state index in [2.05, 4.69) is 14.9 Å². The van der Waals surface area contributed by atoms with Crippen LogP contribution in [-0.2, 0) is 11.3 Å². The highest BCUT2D eigenvalue weighted by Gasteiger charge is 2.25. The average molecular weight is 392 g/mol. The standard InChI is InChI=1S/C21H24N6O2/c1-26(2)21-23-10-14(11-24-21)12-27-7-8-29-19(13-27)18-9-16(20(22)28)15-5-3-4-6-17(15)25-18/h3-6,9-11,19H,7-8,12-13H2,1-2H3,(H2,22,28). The number of carbonyl (C=O) groups excluding carboxylic acids is 1. The molecule has 1 fully saturated rings. The van der Waals surface area contributed by atoms with Gasteiger partial charge >= 0.3 is 0 Å². The SMILES string of the molecule is CN(C)c1ncc(CN2CCOC(c3cc(C(N)=O)c4ccccc4n3)C2)cn1. The molecule has 3 heterocycles. The maximum Gasteiger partial charge on any atom is 0.249 e. The van der Waals surface area contributed by atoms with Crippen molar-refractivity contribution in [2.75, 3.05) is 38.7 Å². The minimum Gasteiger partial charge on any atom is -0.369 e. The van der Waals surface area contributed by atoms with E-state index in [0.717, 1.165) is 35.2 Å². The first kappa shape index (κ1) is 19.2. The van der Waals surface area contributed by atoms with E-state index < -0.39 is 5.91 Å². The fourth-order valence-electron chi connectivity index (χ4n) is 3.51. The van der Waals surface area contributed by atoms with Crippen LogP contribution in [0.15, 0.2) is 42.7 Å². The Kier molecular flexibility index (Phi) is 5.37. The first-order valence-corrected chi connectivity index (χ1v) is 9.53. The number of morpholine rings is 1. The van der Waals surface area contributed by atoms with Gasteiger partial charge in [0.15, 0.2) is 0 Å². The number of nitrogens with two attached hydrogens (primary N) is 1. The molecule has 0 aliphatic carbocycles. The third kappa shape index (κ3) is 4.18. The summed E-state index contributed by atoms with van der Waals surface area (Å²) in [7, 11) is 3.83. The zero-order chi connectivity index (χ0) is 20.4. The fraction of sp³-hybridized carbons (Fsp3) is 0.333. The molecule has 2 N–H and O–H groups in total. The average Bonchev–Trinajstić information content (AvgIpc) is 2.73. The Morgan fingerprint density at radius 2 is 2.03 bits per heavy atom. The van der Waals surface area contributed by atoms with Gasteiger partial charge in [0, 0.05) is 57.1 Å². The van der Waals surface area contributed by atoms with E-state index in [-0.39, 0.29) is 6.10 Å². The lowest BCUT2D eigenvalue weighted by molar-refractivity contribution is -0.0349. The van der Waals surface area contributed by atoms with Gasteiger partial charge in [-0.3, -0.25) is 9.69 Å². The Labute approximate surface area is 169 Å². The Morgan fingerprint density at radius 3 is 2.76 bits per heavy atom. The Morgan fingerprint density at radius 1 is 1.28 bits per heavy atom. The lowest BCUT2D eigenvalue weighted by atomic mass is 10.0. The Balaban J connectivity index is 1.54. The van der Waals surface area contributed by atoms with Crippen LogP contribution >= 0.6 is 0 Å². The minimum atomic E-state index is -0.462. The van der Waals surface area contributed by atoms with Crippen molar-refractivity contribution in [3.63, 3.8) is 0 Å². The van der Waals surface area contributed by atoms with E-state index in [4.69, 9.17) is 15.5 Å². The predicted molar refractivity (Wildman–Crippen MR) is 111 cm³/mol. The van der Waals surface area contributed by atoms with Gasteiger partial charge in [-0.1, -0.05) is 18.2 Å². The topological polar surface area (TPSA) is 97.5 Å². The van der Waals surface area contributed by atoms with E-state index in [1.54, 1.807) is 6.07 Å². The van der Waals surface area contributed by atoms with Crippen LogP contribution in [0.4, 0.5) is 5.95 Å². The molecule has 1 amide bonds. The summed E-state index contributed by atoms with van der Waals surface area (Å²) < 4.78 is 5.97. The largest absolute Gasteiger partial charge is 0.369 e. The number of nitrogens with zero attached hydrogens (tertiary/aromatic N) is 5. The van der Waals surface area contributed by atoms with E-state index in [9.17, 15) is 4.79 Å². The first-order chi connectivity index (χ1) is 14.0. The molecule has 0 radical (unpaired) electrons. The zero-order valence-corrected chi connectivity index (χ0v) is 16.6. The number of pyridine rings is 1. The molecular formula is C21H24N6O2. The number of aromatic nitrogens is 3. The second-order valence-electron chi connectivity index (χ2n) is 7.36. The summed E-state index contributed by atoms with van der Waals surface area (Å²) in [5.74, 6) is 0.226. The van der Waals surface area contributed by atoms with E-state index >= 15 is 0 Å². The number of primary amides is 1. The molecule has 8 heteroatoms. The van der Waals surface area contributed by atoms with Crippen LogP contribution in [0, 0.1) is 0 Å². The minimum absolute atomic E-state index is 0.228. The molecule has 1 aliphatic rings. The molecule has 29 heavy (non-hydrogen) atoms. The summed E-state index contributed by atoms with van der Waals surface area (Å²) in [6, 6.07) is 9.27. The lowest BCUT2D eigenvalue weighted by Crippen LogP contribution is -2.38. The summed E-state index contributed by atoms with van der Waals surface area (Å²) in [5, 5.41) is 0.759. The van der Waals surface area contributed by atoms with Gasteiger partial charge < -0.3 is 15.4 Å². The molecule has 2 aromatic heterocycles. The van der Waals surface area contributed by atoms with Gasteiger partial charge in [0.2, 0.25) is 11.9 Å². The van der Waals surface area contributed by atoms with Crippen molar-refractivity contribution >= 4 is 22.8 Å². The van der Waals surface area contributed by atoms with Gasteiger partial charge in [-0.25, -0.2) is 15.0 Å². The van der Waals surface area contributed by atoms with Crippen LogP contribution in [0.1, 0.15) is 27.7 Å². The van der Waals surface area contributed by atoms with Crippen molar-refractivity contribution in [2.24, 2.45) is 5.73 Å². The Bertz CT molecular complexity index is 1020. The molecule has 1 saturated heterocycles. The maximum atomic E-state index is 12.0. The predicted octanol–water partition coefficient (Wildman–Crippen LogP) is 1.76. The molecule has 4 rings (SSSR count). The van der Waals surface area contributed by atoms with Gasteiger partial charge in [-0.2, -0.15) is 0 Å². The van der Waals surface area contributed by atoms with Crippen LogP contribution in [0.3, 0.4) is 0 Å². The summed E-state index contributed by atoms with van der Waals surface area (Å²) in [4.78, 5) is 29.6. The van der Waals surface area contributed by atoms with Crippen molar-refractivity contribution in [1.82, 2.24) is 19.9 Å². The monoisotopic (exact) mass is 392 g/mol. The van der Waals surface area contributed by atoms with Crippen LogP contribution in [-0.4, -0.2) is 59.6 Å². The first-order valence-electron chi connectivity index (χ1n) is 9.53. The van der Waals surface area contributed by atoms with Crippen molar-refractivity contribution in [3.8, 4) is 0 Å². The smallest absolute Gasteiger partial charge is 0.249 e. The van der Waals surface area contributed by atoms with E-state index in [1.807, 2.05) is 55.7 Å². The molecule has 0 bridgehead atoms. The molecule has 150 valence electrons. The van der Waals surface area contributed by atoms with Crippen molar-refractivity contribution in [3.05, 3.63) is 59.5 Å². The van der Waals surface area contributed by atoms with Crippen LogP contribution in [0.25, 0.3) is 10.9 Å². The molecule has 3 aromatic rings. The molecule has 1 aromatic carbocycles. The fourth-order valence-corrected chi connectivity index (χ4v) is 3.51. The zero-order valence-electron chi connectivity index (χ0n) is 16.6. The molecular weight excluding hydrogens is 368 g/mol. The van der Waals surface area contributed by atoms with Gasteiger partial charge in [0.1, 0.15) is 6.10 Å². The van der Waals surface area contributed by atoms with Crippen molar-refractivity contribution in [2.45, 2.75) is 12.6 Å². The molecule has 1 unspecified atom stereocenters. The summed E-state index contributed by atoms with van der Waals surface area (Å²) >= 11 is 0. The van der Waals surface area contributed by atoms with E-state index in [0.29, 0.717) is 24.7 Å². The summed E-state index contributed by atoms with van der Waals surface area (Å²) in [5.41, 5.74) is 8.59. The highest BCUT2D eigenvalue weighted by Crippen LogP contribution is 2.26. The van der Waals surface area contributed by atoms with Crippen LogP contribution in [0.2, 0.25) is 0 Å². The second kappa shape index (κ2) is 8.10. The Hall–Kier alpha value is -3.10. The maximum absolute atomic E-state index is 12.0. The number of amides is 1. The second-order valence-corrected chi connectivity index (χ2v) is 7.36. The van der Waals surface area contributed by atoms with Crippen LogP contribution < -0.4 is 10.6 Å². The number of rotatable bonds is 5. The molecule has 1 aliphatic heterocycles. The lowest BCUT2D eigenvalue weighted by Gasteiger charge is -2.32. The molecule has 0 spiro atoms. The third-order valence-electron chi connectivity index (χ3n) is 4.98. The number of para-hydroxylation sites is 1. The van der Waals surface area contributed by atoms with Gasteiger partial charge in [-0.05, 0) is 12.1 Å². The number of ether oxygens (including phenoxy) is 1. The molecule has 1 atom stereocenters. The summed E-state index contributed by atoms with van der Waals surface area (Å²) in [6.07, 6.45) is 3.48. The van der Waals surface area contributed by atoms with Crippen molar-refractivity contribution < 1.29 is 9.53 Å². The molecule has 0 saturated carbocycles. The van der Waals surface area contributed by atoms with E-state index in [1.165, 1.54) is 0 Å². The quantitative estimate of drug-likeness (QED) is 0.706. The highest BCUT2D eigenvalue weighted by atomic mass is 16.5.